The molecule has 0 bridgehead atoms. The monoisotopic (exact) mass is 408 g/mol. The van der Waals surface area contributed by atoms with Gasteiger partial charge in [-0.1, -0.05) is 17.3 Å². The first kappa shape index (κ1) is 19.8. The number of nitrogens with zero attached hydrogens (tertiary/aromatic N) is 5. The highest BCUT2D eigenvalue weighted by molar-refractivity contribution is 5.86. The number of benzene rings is 1. The largest absolute Gasteiger partial charge is 0.497 e. The van der Waals surface area contributed by atoms with E-state index in [0.717, 1.165) is 11.3 Å². The quantitative estimate of drug-likeness (QED) is 0.599. The highest BCUT2D eigenvalue weighted by atomic mass is 16.5. The summed E-state index contributed by atoms with van der Waals surface area (Å²) in [6.07, 6.45) is 4.53. The third kappa shape index (κ3) is 4.24. The van der Waals surface area contributed by atoms with Crippen LogP contribution in [0.25, 0.3) is 0 Å². The lowest BCUT2D eigenvalue weighted by Gasteiger charge is -2.49. The second-order valence-corrected chi connectivity index (χ2v) is 7.45. The van der Waals surface area contributed by atoms with Gasteiger partial charge in [-0.05, 0) is 30.2 Å². The third-order valence-electron chi connectivity index (χ3n) is 5.18. The van der Waals surface area contributed by atoms with Gasteiger partial charge in [-0.3, -0.25) is 4.79 Å². The number of carbonyl (C=O) groups excluding carboxylic acids is 1. The van der Waals surface area contributed by atoms with Gasteiger partial charge in [-0.15, -0.1) is 0 Å². The summed E-state index contributed by atoms with van der Waals surface area (Å²) < 4.78 is 10.3. The van der Waals surface area contributed by atoms with Crippen LogP contribution in [-0.4, -0.2) is 52.8 Å². The standard InChI is InChI=1S/C21H24N6O3/c1-15-25-18(26-30-15)7-10-22-19(28)21(12-16-5-3-6-17(11-16)29-2)13-27(14-21)20-23-8-4-9-24-20/h3-6,8-9,11H,7,10,12-14H2,1-2H3,(H,22,28). The van der Waals surface area contributed by atoms with E-state index in [1.165, 1.54) is 0 Å². The molecule has 1 aliphatic heterocycles. The second-order valence-electron chi connectivity index (χ2n) is 7.45. The Hall–Kier alpha value is -3.49. The van der Waals surface area contributed by atoms with Crippen molar-refractivity contribution in [1.29, 1.82) is 0 Å². The van der Waals surface area contributed by atoms with Gasteiger partial charge in [-0.2, -0.15) is 4.98 Å². The Kier molecular flexibility index (Phi) is 5.60. The number of ether oxygens (including phenoxy) is 1. The van der Waals surface area contributed by atoms with Crippen molar-refractivity contribution in [2.24, 2.45) is 5.41 Å². The lowest BCUT2D eigenvalue weighted by molar-refractivity contribution is -0.132. The van der Waals surface area contributed by atoms with E-state index >= 15 is 0 Å². The number of methoxy groups -OCH3 is 1. The number of aryl methyl sites for hydroxylation is 1. The summed E-state index contributed by atoms with van der Waals surface area (Å²) >= 11 is 0. The highest BCUT2D eigenvalue weighted by Gasteiger charge is 2.50. The Morgan fingerprint density at radius 1 is 1.27 bits per heavy atom. The van der Waals surface area contributed by atoms with Gasteiger partial charge >= 0.3 is 0 Å². The molecule has 1 aromatic carbocycles. The molecule has 30 heavy (non-hydrogen) atoms. The molecule has 156 valence electrons. The molecule has 0 unspecified atom stereocenters. The summed E-state index contributed by atoms with van der Waals surface area (Å²) in [6.45, 7) is 3.27. The van der Waals surface area contributed by atoms with Crippen LogP contribution in [0.4, 0.5) is 5.95 Å². The minimum atomic E-state index is -0.571. The molecule has 0 radical (unpaired) electrons. The van der Waals surface area contributed by atoms with Crippen molar-refractivity contribution in [3.63, 3.8) is 0 Å². The fourth-order valence-corrected chi connectivity index (χ4v) is 3.71. The minimum Gasteiger partial charge on any atom is -0.497 e. The van der Waals surface area contributed by atoms with Gasteiger partial charge in [0.15, 0.2) is 5.82 Å². The van der Waals surface area contributed by atoms with Crippen LogP contribution in [0, 0.1) is 12.3 Å². The minimum absolute atomic E-state index is 0.00211. The Morgan fingerprint density at radius 2 is 2.07 bits per heavy atom. The fraction of sp³-hybridized carbons (Fsp3) is 0.381. The predicted molar refractivity (Wildman–Crippen MR) is 109 cm³/mol. The van der Waals surface area contributed by atoms with E-state index in [1.807, 2.05) is 29.2 Å². The van der Waals surface area contributed by atoms with Crippen molar-refractivity contribution in [3.05, 3.63) is 60.0 Å². The molecule has 1 aliphatic rings. The van der Waals surface area contributed by atoms with E-state index in [0.29, 0.717) is 50.1 Å². The number of rotatable bonds is 8. The van der Waals surface area contributed by atoms with E-state index < -0.39 is 5.41 Å². The smallest absolute Gasteiger partial charge is 0.230 e. The van der Waals surface area contributed by atoms with Gasteiger partial charge in [0.1, 0.15) is 5.75 Å². The Morgan fingerprint density at radius 3 is 2.77 bits per heavy atom. The van der Waals surface area contributed by atoms with Gasteiger partial charge < -0.3 is 19.5 Å². The van der Waals surface area contributed by atoms with Crippen molar-refractivity contribution >= 4 is 11.9 Å². The van der Waals surface area contributed by atoms with E-state index in [-0.39, 0.29) is 5.91 Å². The summed E-state index contributed by atoms with van der Waals surface area (Å²) in [4.78, 5) is 28.0. The molecule has 9 heteroatoms. The van der Waals surface area contributed by atoms with Gasteiger partial charge in [-0.25, -0.2) is 9.97 Å². The number of amides is 1. The first-order valence-corrected chi connectivity index (χ1v) is 9.80. The van der Waals surface area contributed by atoms with Crippen LogP contribution < -0.4 is 15.0 Å². The van der Waals surface area contributed by atoms with Crippen LogP contribution in [0.15, 0.2) is 47.2 Å². The summed E-state index contributed by atoms with van der Waals surface area (Å²) in [5.41, 5.74) is 0.477. The summed E-state index contributed by atoms with van der Waals surface area (Å²) in [6, 6.07) is 9.60. The fourth-order valence-electron chi connectivity index (χ4n) is 3.71. The van der Waals surface area contributed by atoms with Crippen LogP contribution in [0.5, 0.6) is 5.75 Å². The van der Waals surface area contributed by atoms with Crippen LogP contribution in [0.1, 0.15) is 17.3 Å². The molecule has 0 atom stereocenters. The SMILES string of the molecule is COc1cccc(CC2(C(=O)NCCc3noc(C)n3)CN(c3ncccn3)C2)c1. The van der Waals surface area contributed by atoms with Crippen LogP contribution in [0.2, 0.25) is 0 Å². The summed E-state index contributed by atoms with van der Waals surface area (Å²) in [5, 5.41) is 6.92. The maximum absolute atomic E-state index is 13.2. The topological polar surface area (TPSA) is 106 Å². The Labute approximate surface area is 174 Å². The zero-order chi connectivity index (χ0) is 21.0. The van der Waals surface area contributed by atoms with E-state index in [4.69, 9.17) is 9.26 Å². The van der Waals surface area contributed by atoms with Crippen LogP contribution in [0.3, 0.4) is 0 Å². The molecular formula is C21H24N6O3. The molecule has 1 fully saturated rings. The van der Waals surface area contributed by atoms with Crippen molar-refractivity contribution in [2.45, 2.75) is 19.8 Å². The van der Waals surface area contributed by atoms with E-state index in [1.54, 1.807) is 32.5 Å². The first-order chi connectivity index (χ1) is 14.6. The van der Waals surface area contributed by atoms with E-state index in [9.17, 15) is 4.79 Å². The molecular weight excluding hydrogens is 384 g/mol. The predicted octanol–water partition coefficient (Wildman–Crippen LogP) is 1.58. The van der Waals surface area contributed by atoms with Gasteiger partial charge in [0, 0.05) is 45.4 Å². The van der Waals surface area contributed by atoms with Crippen molar-refractivity contribution in [3.8, 4) is 5.75 Å². The normalized spacial score (nSPS) is 14.8. The average Bonchev–Trinajstić information content (AvgIpc) is 3.16. The summed E-state index contributed by atoms with van der Waals surface area (Å²) in [7, 11) is 1.64. The number of nitrogens with one attached hydrogen (secondary N) is 1. The molecule has 3 heterocycles. The molecule has 9 nitrogen and oxygen atoms in total. The lowest BCUT2D eigenvalue weighted by Crippen LogP contribution is -2.65. The molecule has 1 saturated heterocycles. The Bertz CT molecular complexity index is 1000. The van der Waals surface area contributed by atoms with Crippen molar-refractivity contribution < 1.29 is 14.1 Å². The maximum Gasteiger partial charge on any atom is 0.230 e. The van der Waals surface area contributed by atoms with Crippen molar-refractivity contribution in [1.82, 2.24) is 25.4 Å². The molecule has 1 amide bonds. The number of hydrogen-bond acceptors (Lipinski definition) is 8. The van der Waals surface area contributed by atoms with E-state index in [2.05, 4.69) is 25.4 Å². The molecule has 1 N–H and O–H groups in total. The van der Waals surface area contributed by atoms with Crippen LogP contribution >= 0.6 is 0 Å². The molecule has 3 aromatic rings. The van der Waals surface area contributed by atoms with Crippen molar-refractivity contribution in [2.75, 3.05) is 31.6 Å². The zero-order valence-electron chi connectivity index (χ0n) is 17.0. The number of aromatic nitrogens is 4. The Balaban J connectivity index is 1.46. The molecule has 2 aromatic heterocycles. The third-order valence-corrected chi connectivity index (χ3v) is 5.18. The molecule has 4 rings (SSSR count). The number of anilines is 1. The van der Waals surface area contributed by atoms with Gasteiger partial charge in [0.05, 0.1) is 12.5 Å². The molecule has 0 saturated carbocycles. The summed E-state index contributed by atoms with van der Waals surface area (Å²) in [5.74, 6) is 2.51. The first-order valence-electron chi connectivity index (χ1n) is 9.80. The zero-order valence-corrected chi connectivity index (χ0v) is 17.0. The number of carbonyl (C=O) groups is 1. The maximum atomic E-state index is 13.2. The molecule has 0 spiro atoms. The van der Waals surface area contributed by atoms with Crippen LogP contribution in [-0.2, 0) is 17.6 Å². The lowest BCUT2D eigenvalue weighted by atomic mass is 9.74. The van der Waals surface area contributed by atoms with Gasteiger partial charge in [0.2, 0.25) is 17.7 Å². The molecule has 0 aliphatic carbocycles. The number of hydrogen-bond donors (Lipinski definition) is 1. The second kappa shape index (κ2) is 8.48. The highest BCUT2D eigenvalue weighted by Crippen LogP contribution is 2.37. The average molecular weight is 408 g/mol. The van der Waals surface area contributed by atoms with Gasteiger partial charge in [0.25, 0.3) is 0 Å².